The van der Waals surface area contributed by atoms with Crippen LogP contribution in [0.3, 0.4) is 0 Å². The lowest BCUT2D eigenvalue weighted by molar-refractivity contribution is -0.132. The average molecular weight is 383 g/mol. The van der Waals surface area contributed by atoms with E-state index in [0.717, 1.165) is 38.2 Å². The first-order chi connectivity index (χ1) is 11.9. The van der Waals surface area contributed by atoms with E-state index in [0.29, 0.717) is 12.1 Å². The molecule has 1 aromatic carbocycles. The number of nitrogens with one attached hydrogen (secondary N) is 1. The van der Waals surface area contributed by atoms with Gasteiger partial charge in [0.2, 0.25) is 11.8 Å². The zero-order valence-corrected chi connectivity index (χ0v) is 16.7. The molecule has 3 N–H and O–H groups in total. The van der Waals surface area contributed by atoms with Crippen molar-refractivity contribution in [3.8, 4) is 0 Å². The van der Waals surface area contributed by atoms with Gasteiger partial charge < -0.3 is 20.9 Å². The highest BCUT2D eigenvalue weighted by Gasteiger charge is 2.21. The summed E-state index contributed by atoms with van der Waals surface area (Å²) in [4.78, 5) is 28.8. The van der Waals surface area contributed by atoms with Crippen LogP contribution in [0.4, 0.5) is 5.69 Å². The van der Waals surface area contributed by atoms with Crippen LogP contribution in [0.5, 0.6) is 0 Å². The van der Waals surface area contributed by atoms with Crippen molar-refractivity contribution in [2.24, 2.45) is 11.7 Å². The van der Waals surface area contributed by atoms with Crippen LogP contribution in [0.1, 0.15) is 25.8 Å². The van der Waals surface area contributed by atoms with Gasteiger partial charge in [0, 0.05) is 31.9 Å². The molecule has 1 aromatic rings. The summed E-state index contributed by atoms with van der Waals surface area (Å²) in [5.74, 6) is 0.0757. The number of halogens is 1. The van der Waals surface area contributed by atoms with E-state index in [4.69, 9.17) is 5.73 Å². The monoisotopic (exact) mass is 382 g/mol. The molecule has 1 fully saturated rings. The Hall–Kier alpha value is -1.63. The maximum atomic E-state index is 12.4. The molecule has 2 atom stereocenters. The molecule has 1 aliphatic rings. The van der Waals surface area contributed by atoms with Crippen LogP contribution >= 0.6 is 12.4 Å². The summed E-state index contributed by atoms with van der Waals surface area (Å²) in [6.07, 6.45) is 1.21. The van der Waals surface area contributed by atoms with Crippen LogP contribution in [0.2, 0.25) is 0 Å². The summed E-state index contributed by atoms with van der Waals surface area (Å²) >= 11 is 0. The molecular weight excluding hydrogens is 352 g/mol. The van der Waals surface area contributed by atoms with Crippen molar-refractivity contribution in [1.82, 2.24) is 9.80 Å². The van der Waals surface area contributed by atoms with E-state index in [1.54, 1.807) is 0 Å². The fourth-order valence-corrected chi connectivity index (χ4v) is 2.84. The number of benzene rings is 1. The average Bonchev–Trinajstić information content (AvgIpc) is 2.61. The van der Waals surface area contributed by atoms with Crippen molar-refractivity contribution in [3.05, 3.63) is 29.8 Å². The quantitative estimate of drug-likeness (QED) is 0.785. The molecule has 0 spiro atoms. The number of hydrogen-bond donors (Lipinski definition) is 2. The van der Waals surface area contributed by atoms with Gasteiger partial charge in [0.05, 0.1) is 12.5 Å². The van der Waals surface area contributed by atoms with Gasteiger partial charge in [-0.25, -0.2) is 0 Å². The molecule has 2 amide bonds. The molecule has 6 nitrogen and oxygen atoms in total. The number of piperazine rings is 1. The minimum Gasteiger partial charge on any atom is -0.340 e. The van der Waals surface area contributed by atoms with Crippen LogP contribution in [-0.4, -0.2) is 60.9 Å². The standard InChI is InChI=1S/C19H30N4O2.ClH/c1-4-14(2)18(20)19(25)21-16-7-5-6-15(12-16)13-17(24)23-10-8-22(3)9-11-23;/h5-7,12,14,18H,4,8-11,13,20H2,1-3H3,(H,21,25);1H. The predicted octanol–water partition coefficient (Wildman–Crippen LogP) is 1.74. The van der Waals surface area contributed by atoms with Gasteiger partial charge in [-0.05, 0) is 30.7 Å². The SMILES string of the molecule is CCC(C)C(N)C(=O)Nc1cccc(CC(=O)N2CCN(C)CC2)c1.Cl. The Morgan fingerprint density at radius 1 is 1.23 bits per heavy atom. The van der Waals surface area contributed by atoms with Gasteiger partial charge >= 0.3 is 0 Å². The topological polar surface area (TPSA) is 78.7 Å². The Morgan fingerprint density at radius 3 is 2.50 bits per heavy atom. The third-order valence-corrected chi connectivity index (χ3v) is 4.97. The number of rotatable bonds is 6. The van der Waals surface area contributed by atoms with E-state index < -0.39 is 6.04 Å². The lowest BCUT2D eigenvalue weighted by atomic mass is 9.99. The second-order valence-corrected chi connectivity index (χ2v) is 6.96. The summed E-state index contributed by atoms with van der Waals surface area (Å²) in [6.45, 7) is 7.35. The first kappa shape index (κ1) is 22.4. The van der Waals surface area contributed by atoms with E-state index >= 15 is 0 Å². The largest absolute Gasteiger partial charge is 0.340 e. The second kappa shape index (κ2) is 10.5. The predicted molar refractivity (Wildman–Crippen MR) is 108 cm³/mol. The minimum absolute atomic E-state index is 0. The van der Waals surface area contributed by atoms with Crippen LogP contribution in [0.25, 0.3) is 0 Å². The maximum Gasteiger partial charge on any atom is 0.241 e. The Morgan fingerprint density at radius 2 is 1.88 bits per heavy atom. The molecule has 7 heteroatoms. The zero-order chi connectivity index (χ0) is 18.4. The van der Waals surface area contributed by atoms with E-state index in [9.17, 15) is 9.59 Å². The minimum atomic E-state index is -0.527. The number of nitrogens with zero attached hydrogens (tertiary/aromatic N) is 2. The summed E-state index contributed by atoms with van der Waals surface area (Å²) < 4.78 is 0. The number of hydrogen-bond acceptors (Lipinski definition) is 4. The molecule has 2 rings (SSSR count). The van der Waals surface area contributed by atoms with Crippen molar-refractivity contribution < 1.29 is 9.59 Å². The fourth-order valence-electron chi connectivity index (χ4n) is 2.84. The van der Waals surface area contributed by atoms with Gasteiger partial charge in [-0.15, -0.1) is 12.4 Å². The Bertz CT molecular complexity index is 603. The number of carbonyl (C=O) groups is 2. The van der Waals surface area contributed by atoms with E-state index in [1.807, 2.05) is 43.0 Å². The molecule has 26 heavy (non-hydrogen) atoms. The second-order valence-electron chi connectivity index (χ2n) is 6.96. The Balaban J connectivity index is 0.00000338. The van der Waals surface area contributed by atoms with Crippen molar-refractivity contribution >= 4 is 29.9 Å². The van der Waals surface area contributed by atoms with Gasteiger partial charge in [0.1, 0.15) is 0 Å². The highest BCUT2D eigenvalue weighted by atomic mass is 35.5. The zero-order valence-electron chi connectivity index (χ0n) is 15.9. The maximum absolute atomic E-state index is 12.4. The number of anilines is 1. The first-order valence-corrected chi connectivity index (χ1v) is 9.02. The van der Waals surface area contributed by atoms with Gasteiger partial charge in [0.25, 0.3) is 0 Å². The van der Waals surface area contributed by atoms with Gasteiger partial charge in [-0.2, -0.15) is 0 Å². The van der Waals surface area contributed by atoms with Gasteiger partial charge in [-0.3, -0.25) is 9.59 Å². The van der Waals surface area contributed by atoms with Crippen LogP contribution in [0.15, 0.2) is 24.3 Å². The number of amides is 2. The fraction of sp³-hybridized carbons (Fsp3) is 0.579. The van der Waals surface area contributed by atoms with Crippen LogP contribution in [0, 0.1) is 5.92 Å². The molecular formula is C19H31ClN4O2. The van der Waals surface area contributed by atoms with E-state index in [-0.39, 0.29) is 30.1 Å². The Labute approximate surface area is 162 Å². The van der Waals surface area contributed by atoms with Crippen molar-refractivity contribution in [1.29, 1.82) is 0 Å². The van der Waals surface area contributed by atoms with Crippen molar-refractivity contribution in [2.75, 3.05) is 38.5 Å². The molecule has 0 saturated carbocycles. The van der Waals surface area contributed by atoms with E-state index in [2.05, 4.69) is 17.3 Å². The molecule has 1 heterocycles. The number of carbonyl (C=O) groups excluding carboxylic acids is 2. The van der Waals surface area contributed by atoms with Gasteiger partial charge in [-0.1, -0.05) is 32.4 Å². The number of nitrogens with two attached hydrogens (primary N) is 1. The molecule has 146 valence electrons. The lowest BCUT2D eigenvalue weighted by Crippen LogP contribution is -2.47. The lowest BCUT2D eigenvalue weighted by Gasteiger charge is -2.32. The molecule has 2 unspecified atom stereocenters. The summed E-state index contributed by atoms with van der Waals surface area (Å²) in [7, 11) is 2.07. The van der Waals surface area contributed by atoms with Gasteiger partial charge in [0.15, 0.2) is 0 Å². The molecule has 1 aliphatic heterocycles. The third-order valence-electron chi connectivity index (χ3n) is 4.97. The van der Waals surface area contributed by atoms with Crippen LogP contribution < -0.4 is 11.1 Å². The van der Waals surface area contributed by atoms with Crippen molar-refractivity contribution in [2.45, 2.75) is 32.7 Å². The highest BCUT2D eigenvalue weighted by Crippen LogP contribution is 2.14. The summed E-state index contributed by atoms with van der Waals surface area (Å²) in [5.41, 5.74) is 7.56. The molecule has 0 aromatic heterocycles. The third kappa shape index (κ3) is 6.27. The number of likely N-dealkylation sites (N-methyl/N-ethyl adjacent to an activating group) is 1. The Kier molecular flexibility index (Phi) is 9.05. The first-order valence-electron chi connectivity index (χ1n) is 9.02. The summed E-state index contributed by atoms with van der Waals surface area (Å²) in [5, 5.41) is 2.86. The van der Waals surface area contributed by atoms with Crippen molar-refractivity contribution in [3.63, 3.8) is 0 Å². The molecule has 0 radical (unpaired) electrons. The smallest absolute Gasteiger partial charge is 0.241 e. The normalized spacial score (nSPS) is 17.2. The summed E-state index contributed by atoms with van der Waals surface area (Å²) in [6, 6.07) is 6.93. The molecule has 0 aliphatic carbocycles. The molecule has 1 saturated heterocycles. The molecule has 0 bridgehead atoms. The van der Waals surface area contributed by atoms with E-state index in [1.165, 1.54) is 0 Å². The highest BCUT2D eigenvalue weighted by molar-refractivity contribution is 5.95. The van der Waals surface area contributed by atoms with Crippen LogP contribution in [-0.2, 0) is 16.0 Å².